The molecule has 5 rings (SSSR count). The fraction of sp³-hybridized carbons (Fsp3) is 0.0833. The third kappa shape index (κ3) is 4.86. The van der Waals surface area contributed by atoms with Crippen LogP contribution in [0.5, 0.6) is 0 Å². The van der Waals surface area contributed by atoms with Gasteiger partial charge in [-0.1, -0.05) is 18.9 Å². The summed E-state index contributed by atoms with van der Waals surface area (Å²) in [6.07, 6.45) is 6.75. The van der Waals surface area contributed by atoms with Gasteiger partial charge < -0.3 is 10.6 Å². The van der Waals surface area contributed by atoms with Crippen LogP contribution in [0.4, 0.5) is 14.6 Å². The van der Waals surface area contributed by atoms with E-state index in [1.54, 1.807) is 39.8 Å². The molecule has 4 aromatic heterocycles. The van der Waals surface area contributed by atoms with Crippen molar-refractivity contribution in [2.75, 3.05) is 5.32 Å². The Bertz CT molecular complexity index is 1530. The monoisotopic (exact) mass is 508 g/mol. The molecule has 7 nitrogen and oxygen atoms in total. The Kier molecular flexibility index (Phi) is 6.43. The number of fused-ring (bicyclic) bond motifs is 1. The van der Waals surface area contributed by atoms with Gasteiger partial charge in [0.2, 0.25) is 0 Å². The number of hydrogen-bond acceptors (Lipinski definition) is 7. The zero-order chi connectivity index (χ0) is 24.4. The summed E-state index contributed by atoms with van der Waals surface area (Å²) in [5, 5.41) is 6.85. The number of nitrogens with zero attached hydrogens (tertiary/aromatic N) is 4. The van der Waals surface area contributed by atoms with Crippen molar-refractivity contribution in [1.29, 1.82) is 0 Å². The van der Waals surface area contributed by atoms with Gasteiger partial charge in [-0.15, -0.1) is 11.3 Å². The second-order valence-electron chi connectivity index (χ2n) is 7.60. The smallest absolute Gasteiger partial charge is 0.255 e. The molecular formula is C24H18F2N6OS2. The molecule has 0 unspecified atom stereocenters. The molecule has 0 bridgehead atoms. The van der Waals surface area contributed by atoms with Gasteiger partial charge in [-0.2, -0.15) is 0 Å². The highest BCUT2D eigenvalue weighted by Crippen LogP contribution is 2.34. The number of amides is 1. The zero-order valence-electron chi connectivity index (χ0n) is 18.1. The molecule has 0 aliphatic carbocycles. The number of benzene rings is 1. The maximum absolute atomic E-state index is 13.4. The molecule has 0 aliphatic heterocycles. The number of rotatable bonds is 7. The van der Waals surface area contributed by atoms with E-state index >= 15 is 0 Å². The van der Waals surface area contributed by atoms with E-state index in [4.69, 9.17) is 0 Å². The highest BCUT2D eigenvalue weighted by Gasteiger charge is 2.15. The van der Waals surface area contributed by atoms with Gasteiger partial charge in [0.1, 0.15) is 12.1 Å². The number of aromatic nitrogens is 4. The van der Waals surface area contributed by atoms with Gasteiger partial charge in [-0.05, 0) is 42.0 Å². The molecule has 1 aromatic carbocycles. The first-order valence-electron chi connectivity index (χ1n) is 10.5. The SMILES string of the molecule is O=C(NCc1ccc(F)c(F)c1)c1cccnc1NCc1ccc(-c2cn(S)c3ncncc23)s1. The van der Waals surface area contributed by atoms with E-state index < -0.39 is 11.6 Å². The van der Waals surface area contributed by atoms with Gasteiger partial charge in [0.15, 0.2) is 17.3 Å². The van der Waals surface area contributed by atoms with Crippen molar-refractivity contribution in [3.05, 3.63) is 95.0 Å². The first kappa shape index (κ1) is 22.9. The number of carbonyl (C=O) groups is 1. The number of nitrogens with one attached hydrogen (secondary N) is 2. The van der Waals surface area contributed by atoms with Crippen LogP contribution in [-0.4, -0.2) is 24.8 Å². The largest absolute Gasteiger partial charge is 0.365 e. The molecule has 11 heteroatoms. The fourth-order valence-electron chi connectivity index (χ4n) is 3.59. The molecule has 176 valence electrons. The molecule has 0 fully saturated rings. The van der Waals surface area contributed by atoms with Gasteiger partial charge in [-0.25, -0.2) is 23.7 Å². The van der Waals surface area contributed by atoms with Gasteiger partial charge in [0.05, 0.1) is 12.1 Å². The minimum atomic E-state index is -0.956. The number of thiol groups is 1. The fourth-order valence-corrected chi connectivity index (χ4v) is 4.84. The lowest BCUT2D eigenvalue weighted by atomic mass is 10.2. The molecule has 1 amide bonds. The van der Waals surface area contributed by atoms with Gasteiger partial charge in [0.25, 0.3) is 5.91 Å². The van der Waals surface area contributed by atoms with Crippen LogP contribution in [-0.2, 0) is 13.1 Å². The molecular weight excluding hydrogens is 490 g/mol. The number of pyridine rings is 1. The molecule has 0 saturated carbocycles. The van der Waals surface area contributed by atoms with Crippen molar-refractivity contribution < 1.29 is 13.6 Å². The van der Waals surface area contributed by atoms with Crippen LogP contribution < -0.4 is 10.6 Å². The normalized spacial score (nSPS) is 11.1. The summed E-state index contributed by atoms with van der Waals surface area (Å²) in [5.74, 6) is -1.84. The summed E-state index contributed by atoms with van der Waals surface area (Å²) in [5.41, 5.74) is 2.53. The lowest BCUT2D eigenvalue weighted by Crippen LogP contribution is -2.24. The summed E-state index contributed by atoms with van der Waals surface area (Å²) in [7, 11) is 0. The van der Waals surface area contributed by atoms with E-state index in [1.165, 1.54) is 12.4 Å². The zero-order valence-corrected chi connectivity index (χ0v) is 19.8. The molecule has 4 heterocycles. The third-order valence-electron chi connectivity index (χ3n) is 5.30. The number of halogens is 2. The second-order valence-corrected chi connectivity index (χ2v) is 9.20. The molecule has 0 saturated heterocycles. The minimum Gasteiger partial charge on any atom is -0.365 e. The lowest BCUT2D eigenvalue weighted by molar-refractivity contribution is 0.0951. The Balaban J connectivity index is 1.27. The second kappa shape index (κ2) is 9.80. The van der Waals surface area contributed by atoms with Crippen molar-refractivity contribution in [2.45, 2.75) is 13.1 Å². The third-order valence-corrected chi connectivity index (χ3v) is 6.72. The summed E-state index contributed by atoms with van der Waals surface area (Å²) in [4.78, 5) is 27.5. The van der Waals surface area contributed by atoms with Gasteiger partial charge >= 0.3 is 0 Å². The van der Waals surface area contributed by atoms with Crippen molar-refractivity contribution in [2.24, 2.45) is 0 Å². The maximum Gasteiger partial charge on any atom is 0.255 e. The van der Waals surface area contributed by atoms with E-state index in [1.807, 2.05) is 18.3 Å². The average molecular weight is 509 g/mol. The standard InChI is InChI=1S/C24H18F2N6OS2/c25-19-5-3-14(8-20(19)26)9-30-24(33)16-2-1-7-28-22(16)29-10-15-4-6-21(35-15)18-12-32(34)23-17(18)11-27-13-31-23/h1-8,11-13,34H,9-10H2,(H,28,29)(H,30,33). The van der Waals surface area contributed by atoms with Crippen molar-refractivity contribution in [3.63, 3.8) is 0 Å². The topological polar surface area (TPSA) is 84.7 Å². The van der Waals surface area contributed by atoms with Crippen molar-refractivity contribution >= 4 is 46.9 Å². The van der Waals surface area contributed by atoms with Crippen LogP contribution in [0, 0.1) is 11.6 Å². The molecule has 0 atom stereocenters. The highest BCUT2D eigenvalue weighted by molar-refractivity contribution is 7.78. The Morgan fingerprint density at radius 1 is 1.09 bits per heavy atom. The Morgan fingerprint density at radius 2 is 1.97 bits per heavy atom. The molecule has 0 aliphatic rings. The quantitative estimate of drug-likeness (QED) is 0.268. The summed E-state index contributed by atoms with van der Waals surface area (Å²) >= 11 is 6.03. The predicted molar refractivity (Wildman–Crippen MR) is 134 cm³/mol. The van der Waals surface area contributed by atoms with E-state index in [9.17, 15) is 13.6 Å². The first-order chi connectivity index (χ1) is 17.0. The van der Waals surface area contributed by atoms with E-state index in [0.717, 1.165) is 38.5 Å². The predicted octanol–water partition coefficient (Wildman–Crippen LogP) is 5.07. The van der Waals surface area contributed by atoms with Crippen LogP contribution in [0.15, 0.2) is 67.4 Å². The molecule has 0 spiro atoms. The Morgan fingerprint density at radius 3 is 2.83 bits per heavy atom. The minimum absolute atomic E-state index is 0.0567. The van der Waals surface area contributed by atoms with E-state index in [2.05, 4.69) is 38.4 Å². The van der Waals surface area contributed by atoms with Gasteiger partial charge in [-0.3, -0.25) is 8.77 Å². The Hall–Kier alpha value is -3.83. The van der Waals surface area contributed by atoms with E-state index in [0.29, 0.717) is 23.5 Å². The number of carbonyl (C=O) groups excluding carboxylic acids is 1. The number of thiophene rings is 1. The first-order valence-corrected chi connectivity index (χ1v) is 11.7. The van der Waals surface area contributed by atoms with Gasteiger partial charge in [0, 0.05) is 45.8 Å². The number of hydrogen-bond donors (Lipinski definition) is 3. The van der Waals surface area contributed by atoms with Crippen molar-refractivity contribution in [3.8, 4) is 10.4 Å². The average Bonchev–Trinajstić information content (AvgIpc) is 3.48. The highest BCUT2D eigenvalue weighted by atomic mass is 32.1. The molecule has 0 radical (unpaired) electrons. The van der Waals surface area contributed by atoms with E-state index in [-0.39, 0.29) is 12.5 Å². The van der Waals surface area contributed by atoms with Crippen LogP contribution in [0.25, 0.3) is 21.5 Å². The van der Waals surface area contributed by atoms with Crippen LogP contribution >= 0.6 is 24.2 Å². The molecule has 5 aromatic rings. The van der Waals surface area contributed by atoms with Crippen LogP contribution in [0.3, 0.4) is 0 Å². The summed E-state index contributed by atoms with van der Waals surface area (Å²) in [6, 6.07) is 10.9. The van der Waals surface area contributed by atoms with Crippen molar-refractivity contribution in [1.82, 2.24) is 24.2 Å². The summed E-state index contributed by atoms with van der Waals surface area (Å²) in [6.45, 7) is 0.516. The van der Waals surface area contributed by atoms with Crippen LogP contribution in [0.2, 0.25) is 0 Å². The molecule has 35 heavy (non-hydrogen) atoms. The summed E-state index contributed by atoms with van der Waals surface area (Å²) < 4.78 is 28.2. The van der Waals surface area contributed by atoms with Crippen LogP contribution in [0.1, 0.15) is 20.8 Å². The number of anilines is 1. The Labute approximate surface area is 208 Å². The molecule has 2 N–H and O–H groups in total. The lowest BCUT2D eigenvalue weighted by Gasteiger charge is -2.11. The maximum atomic E-state index is 13.4.